The Morgan fingerprint density at radius 3 is 2.33 bits per heavy atom. The number of amides is 1. The average Bonchev–Trinajstić information content (AvgIpc) is 3.15. The third-order valence-electron chi connectivity index (χ3n) is 5.64. The number of carbonyl (C=O) groups excluding carboxylic acids is 1. The largest absolute Gasteiger partial charge is 0.322 e. The average molecular weight is 495 g/mol. The number of aryl methyl sites for hydroxylation is 2. The van der Waals surface area contributed by atoms with Gasteiger partial charge in [0.2, 0.25) is 0 Å². The van der Waals surface area contributed by atoms with Crippen LogP contribution >= 0.6 is 34.7 Å². The fraction of sp³-hybridized carbons (Fsp3) is 0.259. The molecule has 0 radical (unpaired) electrons. The van der Waals surface area contributed by atoms with Crippen LogP contribution in [0.4, 0.5) is 5.69 Å². The molecule has 0 saturated carbocycles. The summed E-state index contributed by atoms with van der Waals surface area (Å²) in [6.45, 7) is 11.2. The van der Waals surface area contributed by atoms with Crippen LogP contribution in [0.3, 0.4) is 0 Å². The van der Waals surface area contributed by atoms with Gasteiger partial charge in [-0.3, -0.25) is 4.79 Å². The van der Waals surface area contributed by atoms with Crippen LogP contribution in [0.25, 0.3) is 10.2 Å². The van der Waals surface area contributed by atoms with Gasteiger partial charge in [0.15, 0.2) is 4.34 Å². The molecule has 1 aromatic heterocycles. The molecule has 1 amide bonds. The van der Waals surface area contributed by atoms with Gasteiger partial charge in [0.25, 0.3) is 5.91 Å². The minimum absolute atomic E-state index is 0.148. The lowest BCUT2D eigenvalue weighted by Crippen LogP contribution is -2.12. The van der Waals surface area contributed by atoms with Gasteiger partial charge in [-0.25, -0.2) is 4.98 Å². The van der Waals surface area contributed by atoms with Gasteiger partial charge in [0, 0.05) is 22.0 Å². The molecule has 1 heterocycles. The first kappa shape index (κ1) is 23.8. The number of nitrogens with zero attached hydrogens (tertiary/aromatic N) is 1. The smallest absolute Gasteiger partial charge is 0.255 e. The molecule has 0 aliphatic rings. The number of benzene rings is 3. The standard InChI is InChI=1S/C27H27ClN2OS2/c1-16-12-19(27(3,4)5)13-17(2)22(16)15-32-26-30-23-11-10-21(14-24(23)33-26)29-25(31)18-6-8-20(28)9-7-18/h6-14H,15H2,1-5H3,(H,29,31). The molecule has 0 bridgehead atoms. The van der Waals surface area contributed by atoms with Crippen LogP contribution in [0.1, 0.15) is 53.4 Å². The molecule has 170 valence electrons. The van der Waals surface area contributed by atoms with E-state index >= 15 is 0 Å². The third-order valence-corrected chi connectivity index (χ3v) is 8.07. The van der Waals surface area contributed by atoms with Crippen molar-refractivity contribution in [3.05, 3.63) is 87.4 Å². The van der Waals surface area contributed by atoms with E-state index in [0.717, 1.165) is 26.0 Å². The van der Waals surface area contributed by atoms with Crippen LogP contribution in [0.2, 0.25) is 5.02 Å². The number of halogens is 1. The molecule has 0 aliphatic heterocycles. The quantitative estimate of drug-likeness (QED) is 0.283. The summed E-state index contributed by atoms with van der Waals surface area (Å²) in [5, 5.41) is 3.57. The summed E-state index contributed by atoms with van der Waals surface area (Å²) in [6.07, 6.45) is 0. The molecule has 4 rings (SSSR count). The van der Waals surface area contributed by atoms with Gasteiger partial charge in [-0.1, -0.05) is 56.3 Å². The van der Waals surface area contributed by atoms with Crippen LogP contribution in [0.15, 0.2) is 58.9 Å². The highest BCUT2D eigenvalue weighted by Crippen LogP contribution is 2.35. The molecule has 4 aromatic rings. The van der Waals surface area contributed by atoms with Gasteiger partial charge in [-0.2, -0.15) is 0 Å². The lowest BCUT2D eigenvalue weighted by molar-refractivity contribution is 0.102. The number of hydrogen-bond donors (Lipinski definition) is 1. The van der Waals surface area contributed by atoms with Crippen molar-refractivity contribution in [3.63, 3.8) is 0 Å². The summed E-state index contributed by atoms with van der Waals surface area (Å²) in [5.74, 6) is 0.733. The van der Waals surface area contributed by atoms with E-state index in [1.807, 2.05) is 18.2 Å². The van der Waals surface area contributed by atoms with E-state index in [0.29, 0.717) is 10.6 Å². The molecule has 0 fully saturated rings. The fourth-order valence-corrected chi connectivity index (χ4v) is 6.07. The number of hydrogen-bond acceptors (Lipinski definition) is 4. The Balaban J connectivity index is 1.48. The summed E-state index contributed by atoms with van der Waals surface area (Å²) >= 11 is 9.34. The van der Waals surface area contributed by atoms with Crippen molar-refractivity contribution in [2.45, 2.75) is 50.1 Å². The lowest BCUT2D eigenvalue weighted by Gasteiger charge is -2.22. The van der Waals surface area contributed by atoms with E-state index in [2.05, 4.69) is 52.1 Å². The first-order chi connectivity index (χ1) is 15.6. The molecular formula is C27H27ClN2OS2. The van der Waals surface area contributed by atoms with Gasteiger partial charge in [-0.05, 0) is 84.0 Å². The predicted molar refractivity (Wildman–Crippen MR) is 143 cm³/mol. The minimum Gasteiger partial charge on any atom is -0.322 e. The highest BCUT2D eigenvalue weighted by Gasteiger charge is 2.17. The van der Waals surface area contributed by atoms with Crippen LogP contribution in [-0.4, -0.2) is 10.9 Å². The third kappa shape index (κ3) is 5.60. The second-order valence-electron chi connectivity index (χ2n) is 9.25. The van der Waals surface area contributed by atoms with Crippen LogP contribution in [0, 0.1) is 13.8 Å². The first-order valence-corrected chi connectivity index (χ1v) is 13.0. The Kier molecular flexibility index (Phi) is 6.85. The Labute approximate surface area is 208 Å². The zero-order valence-corrected chi connectivity index (χ0v) is 21.8. The van der Waals surface area contributed by atoms with E-state index in [-0.39, 0.29) is 11.3 Å². The molecule has 0 unspecified atom stereocenters. The molecule has 33 heavy (non-hydrogen) atoms. The number of thiazole rings is 1. The molecule has 0 atom stereocenters. The zero-order chi connectivity index (χ0) is 23.8. The van der Waals surface area contributed by atoms with Crippen molar-refractivity contribution in [3.8, 4) is 0 Å². The Hall–Kier alpha value is -2.34. The summed E-state index contributed by atoms with van der Waals surface area (Å²) in [4.78, 5) is 17.3. The maximum atomic E-state index is 12.5. The summed E-state index contributed by atoms with van der Waals surface area (Å²) in [7, 11) is 0. The van der Waals surface area contributed by atoms with Crippen molar-refractivity contribution in [2.24, 2.45) is 0 Å². The van der Waals surface area contributed by atoms with E-state index in [1.165, 1.54) is 22.3 Å². The number of thioether (sulfide) groups is 1. The Morgan fingerprint density at radius 1 is 1.03 bits per heavy atom. The highest BCUT2D eigenvalue weighted by atomic mass is 35.5. The van der Waals surface area contributed by atoms with E-state index in [4.69, 9.17) is 16.6 Å². The Bertz CT molecular complexity index is 1300. The maximum Gasteiger partial charge on any atom is 0.255 e. The van der Waals surface area contributed by atoms with Crippen molar-refractivity contribution in [1.82, 2.24) is 4.98 Å². The fourth-order valence-electron chi connectivity index (χ4n) is 3.64. The van der Waals surface area contributed by atoms with E-state index in [1.54, 1.807) is 47.4 Å². The first-order valence-electron chi connectivity index (χ1n) is 10.8. The van der Waals surface area contributed by atoms with Gasteiger partial charge < -0.3 is 5.32 Å². The van der Waals surface area contributed by atoms with Crippen LogP contribution in [0.5, 0.6) is 0 Å². The number of carbonyl (C=O) groups is 1. The second kappa shape index (κ2) is 9.49. The van der Waals surface area contributed by atoms with Gasteiger partial charge >= 0.3 is 0 Å². The molecule has 3 aromatic carbocycles. The highest BCUT2D eigenvalue weighted by molar-refractivity contribution is 8.00. The van der Waals surface area contributed by atoms with Crippen LogP contribution < -0.4 is 5.32 Å². The van der Waals surface area contributed by atoms with Crippen molar-refractivity contribution < 1.29 is 4.79 Å². The normalized spacial score (nSPS) is 11.7. The van der Waals surface area contributed by atoms with Crippen molar-refractivity contribution in [2.75, 3.05) is 5.32 Å². The molecule has 3 nitrogen and oxygen atoms in total. The number of rotatable bonds is 5. The van der Waals surface area contributed by atoms with Crippen molar-refractivity contribution >= 4 is 56.5 Å². The second-order valence-corrected chi connectivity index (χ2v) is 11.9. The molecule has 0 spiro atoms. The van der Waals surface area contributed by atoms with Crippen molar-refractivity contribution in [1.29, 1.82) is 0 Å². The van der Waals surface area contributed by atoms with E-state index < -0.39 is 0 Å². The summed E-state index contributed by atoms with van der Waals surface area (Å²) in [6, 6.07) is 17.3. The van der Waals surface area contributed by atoms with Gasteiger partial charge in [0.05, 0.1) is 10.2 Å². The van der Waals surface area contributed by atoms with Crippen LogP contribution in [-0.2, 0) is 11.2 Å². The SMILES string of the molecule is Cc1cc(C(C)(C)C)cc(C)c1CSc1nc2ccc(NC(=O)c3ccc(Cl)cc3)cc2s1. The van der Waals surface area contributed by atoms with Gasteiger partial charge in [0.1, 0.15) is 0 Å². The topological polar surface area (TPSA) is 42.0 Å². The monoisotopic (exact) mass is 494 g/mol. The maximum absolute atomic E-state index is 12.5. The number of fused-ring (bicyclic) bond motifs is 1. The molecular weight excluding hydrogens is 468 g/mol. The number of aromatic nitrogens is 1. The molecule has 0 aliphatic carbocycles. The Morgan fingerprint density at radius 2 is 1.70 bits per heavy atom. The molecule has 1 N–H and O–H groups in total. The molecule has 6 heteroatoms. The van der Waals surface area contributed by atoms with E-state index in [9.17, 15) is 4.79 Å². The van der Waals surface area contributed by atoms with Gasteiger partial charge in [-0.15, -0.1) is 11.3 Å². The summed E-state index contributed by atoms with van der Waals surface area (Å²) < 4.78 is 2.09. The minimum atomic E-state index is -0.158. The number of anilines is 1. The molecule has 0 saturated heterocycles. The number of nitrogens with one attached hydrogen (secondary N) is 1. The lowest BCUT2D eigenvalue weighted by atomic mass is 9.84. The predicted octanol–water partition coefficient (Wildman–Crippen LogP) is 8.41. The summed E-state index contributed by atoms with van der Waals surface area (Å²) in [5.41, 5.74) is 7.84. The zero-order valence-electron chi connectivity index (χ0n) is 19.5.